The third-order valence-corrected chi connectivity index (χ3v) is 5.91. The van der Waals surface area contributed by atoms with Gasteiger partial charge in [-0.2, -0.15) is 5.26 Å². The molecule has 3 nitrogen and oxygen atoms in total. The summed E-state index contributed by atoms with van der Waals surface area (Å²) < 4.78 is 1.66. The summed E-state index contributed by atoms with van der Waals surface area (Å²) in [6, 6.07) is 9.58. The largest absolute Gasteiger partial charge is 0.264 e. The van der Waals surface area contributed by atoms with E-state index in [0.29, 0.717) is 5.56 Å². The minimum absolute atomic E-state index is 0.210. The van der Waals surface area contributed by atoms with Gasteiger partial charge in [0.05, 0.1) is 11.6 Å². The van der Waals surface area contributed by atoms with E-state index in [1.165, 1.54) is 44.1 Å². The summed E-state index contributed by atoms with van der Waals surface area (Å²) in [4.78, 5) is 4.62. The minimum atomic E-state index is -0.210. The maximum absolute atomic E-state index is 8.90. The lowest BCUT2D eigenvalue weighted by Gasteiger charge is -2.29. The summed E-state index contributed by atoms with van der Waals surface area (Å²) in [5, 5.41) is 8.90. The molecule has 1 saturated carbocycles. The highest BCUT2D eigenvalue weighted by Gasteiger charge is 2.22. The second-order valence-electron chi connectivity index (χ2n) is 7.27. The highest BCUT2D eigenvalue weighted by atomic mass is 35.5. The molecule has 1 aromatic carbocycles. The van der Waals surface area contributed by atoms with Gasteiger partial charge in [0.15, 0.2) is 6.17 Å². The second-order valence-corrected chi connectivity index (χ2v) is 7.66. The zero-order valence-electron chi connectivity index (χ0n) is 14.9. The number of hydrogen-bond donors (Lipinski definition) is 0. The Bertz CT molecular complexity index is 663. The SMILES string of the molecule is CCC1CCC(CCC2=CN(Cl)C(c3ccc(C#N)cc3)N=C2)CC1. The van der Waals surface area contributed by atoms with E-state index in [2.05, 4.69) is 18.0 Å². The first kappa shape index (κ1) is 18.0. The first-order valence-electron chi connectivity index (χ1n) is 9.37. The summed E-state index contributed by atoms with van der Waals surface area (Å²) in [6.45, 7) is 2.31. The van der Waals surface area contributed by atoms with Gasteiger partial charge in [0.1, 0.15) is 0 Å². The van der Waals surface area contributed by atoms with Crippen molar-refractivity contribution in [2.45, 2.75) is 58.0 Å². The lowest BCUT2D eigenvalue weighted by Crippen LogP contribution is -2.18. The van der Waals surface area contributed by atoms with Gasteiger partial charge in [0.2, 0.25) is 0 Å². The van der Waals surface area contributed by atoms with Crippen molar-refractivity contribution in [2.24, 2.45) is 16.8 Å². The maximum Gasteiger partial charge on any atom is 0.161 e. The molecule has 3 rings (SSSR count). The molecule has 132 valence electrons. The van der Waals surface area contributed by atoms with Crippen LogP contribution in [0.1, 0.15) is 69.2 Å². The average molecular weight is 356 g/mol. The Balaban J connectivity index is 1.52. The Hall–Kier alpha value is -1.79. The zero-order chi connectivity index (χ0) is 17.6. The number of benzene rings is 1. The van der Waals surface area contributed by atoms with Gasteiger partial charge in [0, 0.05) is 24.2 Å². The van der Waals surface area contributed by atoms with Crippen molar-refractivity contribution in [1.82, 2.24) is 4.42 Å². The van der Waals surface area contributed by atoms with Crippen molar-refractivity contribution in [1.29, 1.82) is 5.26 Å². The molecular formula is C21H26ClN3. The van der Waals surface area contributed by atoms with Crippen LogP contribution in [-0.4, -0.2) is 10.6 Å². The zero-order valence-corrected chi connectivity index (χ0v) is 15.6. The van der Waals surface area contributed by atoms with Gasteiger partial charge < -0.3 is 0 Å². The second kappa shape index (κ2) is 8.54. The fraction of sp³-hybridized carbons (Fsp3) is 0.524. The van der Waals surface area contributed by atoms with Crippen LogP contribution in [0.4, 0.5) is 0 Å². The van der Waals surface area contributed by atoms with Crippen molar-refractivity contribution >= 4 is 18.0 Å². The van der Waals surface area contributed by atoms with E-state index in [4.69, 9.17) is 17.0 Å². The average Bonchev–Trinajstić information content (AvgIpc) is 2.67. The van der Waals surface area contributed by atoms with Crippen molar-refractivity contribution in [3.05, 3.63) is 47.2 Å². The van der Waals surface area contributed by atoms with Gasteiger partial charge in [-0.1, -0.05) is 51.2 Å². The van der Waals surface area contributed by atoms with Crippen molar-refractivity contribution < 1.29 is 0 Å². The monoisotopic (exact) mass is 355 g/mol. The van der Waals surface area contributed by atoms with E-state index < -0.39 is 0 Å². The third-order valence-electron chi connectivity index (χ3n) is 5.63. The minimum Gasteiger partial charge on any atom is -0.264 e. The molecule has 1 aliphatic heterocycles. The Morgan fingerprint density at radius 1 is 1.16 bits per heavy atom. The van der Waals surface area contributed by atoms with E-state index in [1.807, 2.05) is 24.5 Å². The standard InChI is InChI=1S/C21H26ClN3/c1-2-16-3-5-17(6-4-16)7-8-19-14-24-21(25(22)15-19)20-11-9-18(13-23)10-12-20/h9-12,14-17,21H,2-8H2,1H3. The molecule has 1 aliphatic carbocycles. The van der Waals surface area contributed by atoms with E-state index in [0.717, 1.165) is 23.8 Å². The summed E-state index contributed by atoms with van der Waals surface area (Å²) in [5.74, 6) is 1.82. The van der Waals surface area contributed by atoms with E-state index in [1.54, 1.807) is 16.6 Å². The summed E-state index contributed by atoms with van der Waals surface area (Å²) in [6.07, 6.45) is 12.9. The molecule has 1 heterocycles. The smallest absolute Gasteiger partial charge is 0.161 e. The normalized spacial score (nSPS) is 26.2. The fourth-order valence-electron chi connectivity index (χ4n) is 3.88. The van der Waals surface area contributed by atoms with Crippen LogP contribution < -0.4 is 0 Å². The Labute approximate surface area is 156 Å². The first-order valence-corrected chi connectivity index (χ1v) is 9.71. The summed E-state index contributed by atoms with van der Waals surface area (Å²) >= 11 is 6.42. The molecule has 1 unspecified atom stereocenters. The number of halogens is 1. The van der Waals surface area contributed by atoms with E-state index in [-0.39, 0.29) is 6.17 Å². The quantitative estimate of drug-likeness (QED) is 0.609. The molecule has 0 saturated heterocycles. The third kappa shape index (κ3) is 4.64. The first-order chi connectivity index (χ1) is 12.2. The number of hydrogen-bond acceptors (Lipinski definition) is 3. The van der Waals surface area contributed by atoms with Crippen molar-refractivity contribution in [3.63, 3.8) is 0 Å². The summed E-state index contributed by atoms with van der Waals surface area (Å²) in [5.41, 5.74) is 2.86. The number of nitriles is 1. The van der Waals surface area contributed by atoms with Crippen LogP contribution in [0.2, 0.25) is 0 Å². The highest BCUT2D eigenvalue weighted by molar-refractivity contribution is 6.14. The molecule has 0 aromatic heterocycles. The van der Waals surface area contributed by atoms with Crippen LogP contribution in [0.15, 0.2) is 41.0 Å². The number of aliphatic imine (C=N–C) groups is 1. The van der Waals surface area contributed by atoms with Gasteiger partial charge >= 0.3 is 0 Å². The van der Waals surface area contributed by atoms with Gasteiger partial charge in [-0.05, 0) is 47.9 Å². The molecule has 1 aromatic rings. The van der Waals surface area contributed by atoms with Crippen LogP contribution in [0, 0.1) is 23.2 Å². The van der Waals surface area contributed by atoms with Crippen LogP contribution in [0.3, 0.4) is 0 Å². The molecule has 0 spiro atoms. The van der Waals surface area contributed by atoms with Crippen LogP contribution in [0.5, 0.6) is 0 Å². The number of allylic oxidation sites excluding steroid dienone is 1. The van der Waals surface area contributed by atoms with Crippen molar-refractivity contribution in [2.75, 3.05) is 0 Å². The predicted octanol–water partition coefficient (Wildman–Crippen LogP) is 5.98. The Morgan fingerprint density at radius 2 is 1.84 bits per heavy atom. The molecule has 0 amide bonds. The topological polar surface area (TPSA) is 39.4 Å². The van der Waals surface area contributed by atoms with Gasteiger partial charge in [-0.25, -0.2) is 0 Å². The van der Waals surface area contributed by atoms with Gasteiger partial charge in [0.25, 0.3) is 0 Å². The van der Waals surface area contributed by atoms with Crippen LogP contribution in [-0.2, 0) is 0 Å². The Morgan fingerprint density at radius 3 is 2.44 bits per heavy atom. The van der Waals surface area contributed by atoms with Crippen molar-refractivity contribution in [3.8, 4) is 6.07 Å². The highest BCUT2D eigenvalue weighted by Crippen LogP contribution is 2.35. The van der Waals surface area contributed by atoms with Gasteiger partial charge in [-0.15, -0.1) is 0 Å². The van der Waals surface area contributed by atoms with Crippen LogP contribution in [0.25, 0.3) is 0 Å². The molecule has 2 aliphatic rings. The maximum atomic E-state index is 8.90. The molecule has 25 heavy (non-hydrogen) atoms. The number of nitrogens with zero attached hydrogens (tertiary/aromatic N) is 3. The van der Waals surface area contributed by atoms with Crippen LogP contribution >= 0.6 is 11.8 Å². The van der Waals surface area contributed by atoms with Gasteiger partial charge in [-0.3, -0.25) is 9.41 Å². The lowest BCUT2D eigenvalue weighted by molar-refractivity contribution is 0.259. The predicted molar refractivity (Wildman–Crippen MR) is 103 cm³/mol. The lowest BCUT2D eigenvalue weighted by atomic mass is 9.78. The molecule has 0 N–H and O–H groups in total. The molecule has 1 fully saturated rings. The fourth-order valence-corrected chi connectivity index (χ4v) is 4.17. The number of rotatable bonds is 5. The Kier molecular flexibility index (Phi) is 6.15. The molecular weight excluding hydrogens is 330 g/mol. The molecule has 4 heteroatoms. The summed E-state index contributed by atoms with van der Waals surface area (Å²) in [7, 11) is 0. The van der Waals surface area contributed by atoms with E-state index in [9.17, 15) is 0 Å². The molecule has 0 radical (unpaired) electrons. The molecule has 1 atom stereocenters. The molecule has 0 bridgehead atoms. The van der Waals surface area contributed by atoms with E-state index >= 15 is 0 Å².